The van der Waals surface area contributed by atoms with E-state index in [1.807, 2.05) is 58.1 Å². The lowest BCUT2D eigenvalue weighted by Gasteiger charge is -2.42. The third-order valence-electron chi connectivity index (χ3n) is 15.1. The van der Waals surface area contributed by atoms with Crippen molar-refractivity contribution in [2.75, 3.05) is 48.2 Å². The second-order valence-electron chi connectivity index (χ2n) is 20.4. The molecule has 15 atom stereocenters. The van der Waals surface area contributed by atoms with Gasteiger partial charge < -0.3 is 48.3 Å². The summed E-state index contributed by atoms with van der Waals surface area (Å²) in [7, 11) is 6.26. The summed E-state index contributed by atoms with van der Waals surface area (Å²) in [6, 6.07) is -1.14. The fourth-order valence-corrected chi connectivity index (χ4v) is 10.6. The number of methoxy groups -OCH3 is 4. The van der Waals surface area contributed by atoms with Crippen LogP contribution in [0, 0.1) is 35.5 Å². The molecule has 1 saturated carbocycles. The number of ether oxygens (including phenoxy) is 7. The van der Waals surface area contributed by atoms with Crippen LogP contribution in [0.4, 0.5) is 0 Å². The summed E-state index contributed by atoms with van der Waals surface area (Å²) in [5.41, 5.74) is 1.28. The Morgan fingerprint density at radius 1 is 0.826 bits per heavy atom. The first-order valence-corrected chi connectivity index (χ1v) is 25.4. The Kier molecular flexibility index (Phi) is 23.6. The molecule has 3 fully saturated rings. The van der Waals surface area contributed by atoms with Gasteiger partial charge in [0, 0.05) is 65.6 Å². The van der Waals surface area contributed by atoms with Crippen LogP contribution in [0.15, 0.2) is 47.6 Å². The second kappa shape index (κ2) is 28.0. The van der Waals surface area contributed by atoms with E-state index in [4.69, 9.17) is 33.2 Å². The van der Waals surface area contributed by atoms with Gasteiger partial charge in [-0.25, -0.2) is 4.79 Å². The minimum atomic E-state index is -2.43. The van der Waals surface area contributed by atoms with E-state index in [2.05, 4.69) is 0 Å². The van der Waals surface area contributed by atoms with Gasteiger partial charge in [0.2, 0.25) is 5.79 Å². The molecular formula is C54H85NO14. The largest absolute Gasteiger partial charge is 0.460 e. The molecule has 2 bridgehead atoms. The SMILES string of the molecule is COCCO[C@@H]1CC[C@@H](C[C@@H](C)C2CC(=O)C(C)C=C(C)C(O)C(OC)C(=O)C(C)CC(C)C=CC=CC=C(C)C(OC)CC3CCC(C)C(O)(O3)C(=O)C(=O)N3CCCCC3C(=O)O2)C[C@H]1OC. The maximum absolute atomic E-state index is 14.5. The third kappa shape index (κ3) is 16.0. The second-order valence-corrected chi connectivity index (χ2v) is 20.4. The minimum absolute atomic E-state index is 0.0197. The minimum Gasteiger partial charge on any atom is -0.460 e. The average molecular weight is 972 g/mol. The van der Waals surface area contributed by atoms with Crippen LogP contribution in [0.1, 0.15) is 126 Å². The normalized spacial score (nSPS) is 36.3. The monoisotopic (exact) mass is 972 g/mol. The molecule has 4 rings (SSSR count). The molecule has 3 heterocycles. The zero-order valence-corrected chi connectivity index (χ0v) is 43.4. The number of piperidine rings is 1. The van der Waals surface area contributed by atoms with Crippen molar-refractivity contribution in [2.45, 2.75) is 180 Å². The standard InChI is InChI=1S/C54H85NO14/c1-33-17-13-12-14-18-34(2)45(64-9)31-41-22-20-39(7)54(62,69-41)51(59)52(60)55-24-16-15-19-42(55)53(61)68-46(36(4)29-40-21-23-44(47(30-40)65-10)67-26-25-63-8)32-43(56)35(3)28-38(6)49(58)50(66-11)48(57)37(5)27-33/h12-14,17-18,28,33,35-37,39-42,44-47,49-50,58,62H,15-16,19-27,29-32H2,1-11H3/t33?,35?,36-,37?,39?,40+,41?,42?,44-,45?,46?,47-,49?,50?,54?/m1/s1. The lowest BCUT2D eigenvalue weighted by atomic mass is 9.78. The number of aliphatic hydroxyl groups is 2. The summed E-state index contributed by atoms with van der Waals surface area (Å²) in [6.07, 6.45) is 12.4. The van der Waals surface area contributed by atoms with Crippen LogP contribution in [0.2, 0.25) is 0 Å². The van der Waals surface area contributed by atoms with Crippen LogP contribution < -0.4 is 0 Å². The molecule has 390 valence electrons. The number of hydrogen-bond donors (Lipinski definition) is 2. The highest BCUT2D eigenvalue weighted by molar-refractivity contribution is 6.39. The highest BCUT2D eigenvalue weighted by Gasteiger charge is 2.53. The molecule has 0 aromatic rings. The summed E-state index contributed by atoms with van der Waals surface area (Å²) >= 11 is 0. The Balaban J connectivity index is 1.69. The van der Waals surface area contributed by atoms with Crippen molar-refractivity contribution in [1.82, 2.24) is 4.90 Å². The molecule has 11 unspecified atom stereocenters. The summed E-state index contributed by atoms with van der Waals surface area (Å²) < 4.78 is 41.1. The molecule has 15 nitrogen and oxygen atoms in total. The molecule has 4 aliphatic rings. The molecule has 0 aromatic heterocycles. The van der Waals surface area contributed by atoms with E-state index in [1.54, 1.807) is 48.2 Å². The molecule has 0 spiro atoms. The number of cyclic esters (lactones) is 1. The topological polar surface area (TPSA) is 194 Å². The highest BCUT2D eigenvalue weighted by atomic mass is 16.6. The number of aliphatic hydroxyl groups excluding tert-OH is 1. The predicted octanol–water partition coefficient (Wildman–Crippen LogP) is 6.85. The third-order valence-corrected chi connectivity index (χ3v) is 15.1. The number of esters is 1. The van der Waals surface area contributed by atoms with Crippen LogP contribution >= 0.6 is 0 Å². The van der Waals surface area contributed by atoms with Gasteiger partial charge in [0.15, 0.2) is 5.78 Å². The van der Waals surface area contributed by atoms with Crippen molar-refractivity contribution in [3.63, 3.8) is 0 Å². The number of allylic oxidation sites excluding steroid dienone is 6. The van der Waals surface area contributed by atoms with Crippen molar-refractivity contribution in [3.05, 3.63) is 47.6 Å². The summed E-state index contributed by atoms with van der Waals surface area (Å²) in [4.78, 5) is 72.3. The van der Waals surface area contributed by atoms with E-state index < -0.39 is 77.8 Å². The van der Waals surface area contributed by atoms with Gasteiger partial charge in [-0.3, -0.25) is 19.2 Å². The molecule has 1 amide bonds. The van der Waals surface area contributed by atoms with Crippen LogP contribution in [-0.2, 0) is 57.1 Å². The number of nitrogens with zero attached hydrogens (tertiary/aromatic N) is 1. The first-order chi connectivity index (χ1) is 32.8. The van der Waals surface area contributed by atoms with Crippen LogP contribution in [0.5, 0.6) is 0 Å². The Morgan fingerprint density at radius 2 is 1.57 bits per heavy atom. The highest BCUT2D eigenvalue weighted by Crippen LogP contribution is 2.38. The predicted molar refractivity (Wildman–Crippen MR) is 261 cm³/mol. The number of rotatable bonds is 10. The maximum Gasteiger partial charge on any atom is 0.329 e. The van der Waals surface area contributed by atoms with Crippen molar-refractivity contribution in [2.24, 2.45) is 35.5 Å². The van der Waals surface area contributed by atoms with Gasteiger partial charge in [-0.05, 0) is 107 Å². The Bertz CT molecular complexity index is 1830. The number of carbonyl (C=O) groups is 5. The summed E-state index contributed by atoms with van der Waals surface area (Å²) in [5, 5.41) is 23.5. The number of hydrogen-bond acceptors (Lipinski definition) is 14. The van der Waals surface area contributed by atoms with Crippen molar-refractivity contribution >= 4 is 29.2 Å². The van der Waals surface area contributed by atoms with Gasteiger partial charge >= 0.3 is 5.97 Å². The van der Waals surface area contributed by atoms with Gasteiger partial charge in [-0.1, -0.05) is 71.1 Å². The maximum atomic E-state index is 14.5. The van der Waals surface area contributed by atoms with E-state index in [9.17, 15) is 34.2 Å². The number of amides is 1. The van der Waals surface area contributed by atoms with E-state index in [-0.39, 0.29) is 60.9 Å². The van der Waals surface area contributed by atoms with Gasteiger partial charge in [0.25, 0.3) is 11.7 Å². The Morgan fingerprint density at radius 3 is 2.25 bits per heavy atom. The summed E-state index contributed by atoms with van der Waals surface area (Å²) in [6.45, 7) is 13.8. The van der Waals surface area contributed by atoms with Gasteiger partial charge in [0.1, 0.15) is 30.1 Å². The molecular weight excluding hydrogens is 887 g/mol. The molecule has 1 aliphatic carbocycles. The number of Topliss-reactive ketones (excluding diaryl/α,β-unsaturated/α-hetero) is 3. The van der Waals surface area contributed by atoms with Gasteiger partial charge in [0.05, 0.1) is 37.6 Å². The van der Waals surface area contributed by atoms with E-state index >= 15 is 0 Å². The lowest BCUT2D eigenvalue weighted by Crippen LogP contribution is -2.61. The first kappa shape index (κ1) is 58.2. The molecule has 2 saturated heterocycles. The van der Waals surface area contributed by atoms with E-state index in [0.717, 1.165) is 18.4 Å². The Hall–Kier alpha value is -3.41. The number of fused-ring (bicyclic) bond motifs is 3. The summed E-state index contributed by atoms with van der Waals surface area (Å²) in [5.74, 6) is -7.83. The molecule has 0 radical (unpaired) electrons. The van der Waals surface area contributed by atoms with Crippen molar-refractivity contribution in [3.8, 4) is 0 Å². The molecule has 0 aromatic carbocycles. The fraction of sp³-hybridized carbons (Fsp3) is 0.759. The van der Waals surface area contributed by atoms with E-state index in [0.29, 0.717) is 70.2 Å². The lowest BCUT2D eigenvalue weighted by molar-refractivity contribution is -0.265. The molecule has 69 heavy (non-hydrogen) atoms. The van der Waals surface area contributed by atoms with E-state index in [1.165, 1.54) is 12.0 Å². The van der Waals surface area contributed by atoms with Gasteiger partial charge in [-0.15, -0.1) is 0 Å². The van der Waals surface area contributed by atoms with Crippen molar-refractivity contribution < 1.29 is 67.3 Å². The van der Waals surface area contributed by atoms with Crippen LogP contribution in [-0.4, -0.2) is 147 Å². The first-order valence-electron chi connectivity index (χ1n) is 25.4. The Labute approximate surface area is 411 Å². The molecule has 3 aliphatic heterocycles. The number of ketones is 3. The fourth-order valence-electron chi connectivity index (χ4n) is 10.6. The van der Waals surface area contributed by atoms with Crippen molar-refractivity contribution in [1.29, 1.82) is 0 Å². The smallest absolute Gasteiger partial charge is 0.329 e. The zero-order chi connectivity index (χ0) is 51.0. The van der Waals surface area contributed by atoms with Crippen LogP contribution in [0.25, 0.3) is 0 Å². The zero-order valence-electron chi connectivity index (χ0n) is 43.4. The average Bonchev–Trinajstić information content (AvgIpc) is 3.33. The quantitative estimate of drug-likeness (QED) is 0.0999. The molecule has 2 N–H and O–H groups in total. The van der Waals surface area contributed by atoms with Gasteiger partial charge in [-0.2, -0.15) is 0 Å². The molecule has 15 heteroatoms. The van der Waals surface area contributed by atoms with Crippen LogP contribution in [0.3, 0.4) is 0 Å². The number of carbonyl (C=O) groups excluding carboxylic acids is 5.